The minimum absolute atomic E-state index is 0.286. The van der Waals surface area contributed by atoms with E-state index < -0.39 is 0 Å². The highest BCUT2D eigenvalue weighted by molar-refractivity contribution is 7.71. The van der Waals surface area contributed by atoms with Crippen LogP contribution in [-0.2, 0) is 0 Å². The topological polar surface area (TPSA) is 76.0 Å². The fourth-order valence-corrected chi connectivity index (χ4v) is 1.59. The lowest BCUT2D eigenvalue weighted by Gasteiger charge is -2.07. The lowest BCUT2D eigenvalue weighted by atomic mass is 10.3. The molecule has 5 nitrogen and oxygen atoms in total. The molecule has 0 saturated carbocycles. The van der Waals surface area contributed by atoms with Crippen LogP contribution >= 0.6 is 12.2 Å². The van der Waals surface area contributed by atoms with E-state index in [0.29, 0.717) is 10.5 Å². The van der Waals surface area contributed by atoms with Gasteiger partial charge in [-0.15, -0.1) is 0 Å². The van der Waals surface area contributed by atoms with Gasteiger partial charge in [-0.05, 0) is 24.3 Å². The number of rotatable bonds is 3. The standard InChI is InChI=1S/C11H12N4OS/c1-16-8-4-2-7(3-5-8)13-9-6-10(17)15-11(12)14-9/h2-6H,1H3,(H4,12,13,14,15,17). The number of anilines is 3. The molecule has 0 aliphatic rings. The van der Waals surface area contributed by atoms with Gasteiger partial charge >= 0.3 is 0 Å². The van der Waals surface area contributed by atoms with Gasteiger partial charge in [0, 0.05) is 11.8 Å². The van der Waals surface area contributed by atoms with Gasteiger partial charge in [0.1, 0.15) is 16.2 Å². The Balaban J connectivity index is 2.22. The van der Waals surface area contributed by atoms with Crippen molar-refractivity contribution in [1.29, 1.82) is 0 Å². The first-order valence-corrected chi connectivity index (χ1v) is 5.36. The predicted molar refractivity (Wildman–Crippen MR) is 70.1 cm³/mol. The van der Waals surface area contributed by atoms with Crippen molar-refractivity contribution in [3.05, 3.63) is 35.0 Å². The van der Waals surface area contributed by atoms with Crippen molar-refractivity contribution in [2.75, 3.05) is 18.2 Å². The van der Waals surface area contributed by atoms with Gasteiger partial charge in [0.05, 0.1) is 7.11 Å². The first-order chi connectivity index (χ1) is 8.17. The summed E-state index contributed by atoms with van der Waals surface area (Å²) < 4.78 is 5.52. The highest BCUT2D eigenvalue weighted by Crippen LogP contribution is 2.18. The molecule has 0 atom stereocenters. The van der Waals surface area contributed by atoms with Gasteiger partial charge in [0.2, 0.25) is 0 Å². The van der Waals surface area contributed by atoms with Crippen molar-refractivity contribution in [3.8, 4) is 5.75 Å². The molecule has 0 aliphatic heterocycles. The van der Waals surface area contributed by atoms with Crippen LogP contribution in [0.25, 0.3) is 0 Å². The summed E-state index contributed by atoms with van der Waals surface area (Å²) in [6.45, 7) is 0. The van der Waals surface area contributed by atoms with Crippen LogP contribution in [0.5, 0.6) is 5.75 Å². The molecule has 4 N–H and O–H groups in total. The second-order valence-corrected chi connectivity index (χ2v) is 3.79. The van der Waals surface area contributed by atoms with E-state index in [2.05, 4.69) is 15.3 Å². The van der Waals surface area contributed by atoms with Crippen LogP contribution in [0.2, 0.25) is 0 Å². The smallest absolute Gasteiger partial charge is 0.200 e. The predicted octanol–water partition coefficient (Wildman–Crippen LogP) is 2.47. The Kier molecular flexibility index (Phi) is 3.24. The maximum Gasteiger partial charge on any atom is 0.200 e. The van der Waals surface area contributed by atoms with Crippen molar-refractivity contribution < 1.29 is 4.74 Å². The van der Waals surface area contributed by atoms with E-state index in [1.165, 1.54) is 0 Å². The number of aromatic nitrogens is 2. The van der Waals surface area contributed by atoms with Crippen molar-refractivity contribution in [3.63, 3.8) is 0 Å². The fourth-order valence-electron chi connectivity index (χ4n) is 1.37. The zero-order valence-electron chi connectivity index (χ0n) is 9.23. The summed E-state index contributed by atoms with van der Waals surface area (Å²) in [6, 6.07) is 9.22. The second kappa shape index (κ2) is 4.84. The minimum Gasteiger partial charge on any atom is -0.497 e. The van der Waals surface area contributed by atoms with Gasteiger partial charge in [0.15, 0.2) is 5.95 Å². The Morgan fingerprint density at radius 3 is 2.65 bits per heavy atom. The van der Waals surface area contributed by atoms with Crippen LogP contribution in [0.15, 0.2) is 30.3 Å². The molecule has 2 rings (SSSR count). The lowest BCUT2D eigenvalue weighted by molar-refractivity contribution is 0.415. The largest absolute Gasteiger partial charge is 0.497 e. The van der Waals surface area contributed by atoms with E-state index >= 15 is 0 Å². The number of hydrogen-bond donors (Lipinski definition) is 3. The summed E-state index contributed by atoms with van der Waals surface area (Å²) in [5.74, 6) is 1.79. The van der Waals surface area contributed by atoms with Crippen LogP contribution in [0.4, 0.5) is 17.5 Å². The Hall–Kier alpha value is -2.08. The molecule has 1 heterocycles. The Morgan fingerprint density at radius 2 is 2.06 bits per heavy atom. The quantitative estimate of drug-likeness (QED) is 0.727. The van der Waals surface area contributed by atoms with Crippen LogP contribution in [-0.4, -0.2) is 17.1 Å². The summed E-state index contributed by atoms with van der Waals surface area (Å²) in [6.07, 6.45) is 0. The molecule has 1 aromatic heterocycles. The van der Waals surface area contributed by atoms with E-state index in [0.717, 1.165) is 11.4 Å². The zero-order valence-corrected chi connectivity index (χ0v) is 10.0. The van der Waals surface area contributed by atoms with E-state index in [-0.39, 0.29) is 5.95 Å². The van der Waals surface area contributed by atoms with Gasteiger partial charge in [0.25, 0.3) is 0 Å². The van der Waals surface area contributed by atoms with Gasteiger partial charge in [-0.25, -0.2) is 4.98 Å². The van der Waals surface area contributed by atoms with Gasteiger partial charge in [-0.1, -0.05) is 12.2 Å². The summed E-state index contributed by atoms with van der Waals surface area (Å²) in [4.78, 5) is 6.76. The first kappa shape index (κ1) is 11.4. The number of nitrogens with two attached hydrogens (primary N) is 1. The van der Waals surface area contributed by atoms with Crippen LogP contribution < -0.4 is 15.8 Å². The van der Waals surface area contributed by atoms with Gasteiger partial charge < -0.3 is 20.8 Å². The molecule has 0 saturated heterocycles. The van der Waals surface area contributed by atoms with Crippen molar-refractivity contribution >= 4 is 29.7 Å². The summed E-state index contributed by atoms with van der Waals surface area (Å²) >= 11 is 4.97. The molecule has 0 unspecified atom stereocenters. The van der Waals surface area contributed by atoms with Crippen molar-refractivity contribution in [2.45, 2.75) is 0 Å². The van der Waals surface area contributed by atoms with Crippen LogP contribution in [0.1, 0.15) is 0 Å². The molecule has 0 amide bonds. The van der Waals surface area contributed by atoms with Crippen molar-refractivity contribution in [1.82, 2.24) is 9.97 Å². The van der Waals surface area contributed by atoms with Crippen LogP contribution in [0.3, 0.4) is 0 Å². The third-order valence-corrected chi connectivity index (χ3v) is 2.34. The highest BCUT2D eigenvalue weighted by Gasteiger charge is 1.97. The summed E-state index contributed by atoms with van der Waals surface area (Å²) in [5.41, 5.74) is 6.47. The third kappa shape index (κ3) is 2.94. The monoisotopic (exact) mass is 248 g/mol. The van der Waals surface area contributed by atoms with E-state index in [4.69, 9.17) is 22.7 Å². The summed E-state index contributed by atoms with van der Waals surface area (Å²) in [7, 11) is 1.63. The first-order valence-electron chi connectivity index (χ1n) is 4.95. The van der Waals surface area contributed by atoms with E-state index in [1.807, 2.05) is 24.3 Å². The maximum absolute atomic E-state index is 5.57. The Bertz CT molecular complexity index is 564. The summed E-state index contributed by atoms with van der Waals surface area (Å²) in [5, 5.41) is 3.14. The molecular weight excluding hydrogens is 236 g/mol. The number of nitrogens with zero attached hydrogens (tertiary/aromatic N) is 1. The Labute approximate surface area is 104 Å². The number of ether oxygens (including phenoxy) is 1. The molecule has 0 spiro atoms. The molecular formula is C11H12N4OS. The number of H-pyrrole nitrogens is 1. The molecule has 0 aliphatic carbocycles. The second-order valence-electron chi connectivity index (χ2n) is 3.37. The maximum atomic E-state index is 5.57. The number of nitrogens with one attached hydrogen (secondary N) is 2. The number of aromatic amines is 1. The van der Waals surface area contributed by atoms with Crippen LogP contribution in [0, 0.1) is 4.64 Å². The number of hydrogen-bond acceptors (Lipinski definition) is 5. The van der Waals surface area contributed by atoms with Gasteiger partial charge in [-0.3, -0.25) is 0 Å². The molecule has 0 bridgehead atoms. The average Bonchev–Trinajstić information content (AvgIpc) is 2.28. The third-order valence-electron chi connectivity index (χ3n) is 2.13. The zero-order chi connectivity index (χ0) is 12.3. The van der Waals surface area contributed by atoms with Gasteiger partial charge in [-0.2, -0.15) is 0 Å². The fraction of sp³-hybridized carbons (Fsp3) is 0.0909. The normalized spacial score (nSPS) is 9.94. The molecule has 0 radical (unpaired) electrons. The highest BCUT2D eigenvalue weighted by atomic mass is 32.1. The minimum atomic E-state index is 0.286. The number of benzene rings is 1. The SMILES string of the molecule is COc1ccc(Nc2cc(=S)nc(N)[nH]2)cc1. The number of methoxy groups -OCH3 is 1. The lowest BCUT2D eigenvalue weighted by Crippen LogP contribution is -1.99. The Morgan fingerprint density at radius 1 is 1.35 bits per heavy atom. The van der Waals surface area contributed by atoms with E-state index in [1.54, 1.807) is 13.2 Å². The van der Waals surface area contributed by atoms with E-state index in [9.17, 15) is 0 Å². The molecule has 0 fully saturated rings. The molecule has 2 aromatic rings. The average molecular weight is 248 g/mol. The molecule has 1 aromatic carbocycles. The molecule has 88 valence electrons. The number of nitrogen functional groups attached to an aromatic ring is 1. The molecule has 17 heavy (non-hydrogen) atoms. The molecule has 6 heteroatoms. The van der Waals surface area contributed by atoms with Crippen molar-refractivity contribution in [2.24, 2.45) is 0 Å².